The van der Waals surface area contributed by atoms with E-state index >= 15 is 0 Å². The number of carbonyl (C=O) groups excluding carboxylic acids is 3. The maximum atomic E-state index is 12.3. The molecule has 4 N–H and O–H groups in total. The highest BCUT2D eigenvalue weighted by atomic mass is 32.2. The maximum absolute atomic E-state index is 12.3. The maximum Gasteiger partial charge on any atom is 0.352 e. The number of β-lactam (4-membered cyclic amide) rings is 1. The molecule has 3 aliphatic heterocycles. The van der Waals surface area contributed by atoms with Crippen LogP contribution in [-0.2, 0) is 14.4 Å². The Kier molecular flexibility index (Phi) is 9.13. The average Bonchev–Trinajstić information content (AvgIpc) is 3.40. The number of unbranched alkanes of at least 4 members (excludes halogenated alkanes) is 1. The van der Waals surface area contributed by atoms with E-state index in [1.54, 1.807) is 0 Å². The molecule has 3 heterocycles. The highest BCUT2D eigenvalue weighted by molar-refractivity contribution is 8.00. The van der Waals surface area contributed by atoms with Crippen molar-refractivity contribution in [1.82, 2.24) is 15.5 Å². The highest BCUT2D eigenvalue weighted by Crippen LogP contribution is 2.33. The summed E-state index contributed by atoms with van der Waals surface area (Å²) in [6, 6.07) is 7.75. The van der Waals surface area contributed by atoms with Crippen molar-refractivity contribution in [2.75, 3.05) is 29.1 Å². The minimum atomic E-state index is -1.11. The van der Waals surface area contributed by atoms with Gasteiger partial charge in [0.15, 0.2) is 0 Å². The molecule has 0 aromatic heterocycles. The number of nitrogens with zero attached hydrogens (tertiary/aromatic N) is 1. The first-order valence-electron chi connectivity index (χ1n) is 11.9. The number of rotatable bonds is 12. The fraction of sp³-hybridized carbons (Fsp3) is 0.500. The number of aliphatic carboxylic acids is 1. The molecule has 0 bridgehead atoms. The van der Waals surface area contributed by atoms with Gasteiger partial charge in [0.25, 0.3) is 0 Å². The quantitative estimate of drug-likeness (QED) is 0.0676. The Morgan fingerprint density at radius 2 is 1.97 bits per heavy atom. The van der Waals surface area contributed by atoms with Gasteiger partial charge in [0.1, 0.15) is 5.70 Å². The molecule has 3 fully saturated rings. The van der Waals surface area contributed by atoms with E-state index in [0.29, 0.717) is 41.6 Å². The Morgan fingerprint density at radius 1 is 1.19 bits per heavy atom. The molecule has 36 heavy (non-hydrogen) atoms. The zero-order chi connectivity index (χ0) is 25.7. The van der Waals surface area contributed by atoms with Gasteiger partial charge in [-0.2, -0.15) is 24.4 Å². The Hall–Kier alpha value is -2.31. The molecule has 1 aromatic rings. The number of carboxylic acids is 1. The van der Waals surface area contributed by atoms with Crippen LogP contribution in [-0.4, -0.2) is 75.0 Å². The lowest BCUT2D eigenvalue weighted by Gasteiger charge is -2.32. The third-order valence-electron chi connectivity index (χ3n) is 6.48. The third kappa shape index (κ3) is 6.51. The van der Waals surface area contributed by atoms with Gasteiger partial charge in [0.05, 0.1) is 12.1 Å². The van der Waals surface area contributed by atoms with E-state index in [1.165, 1.54) is 16.7 Å². The first kappa shape index (κ1) is 26.7. The second-order valence-corrected chi connectivity index (χ2v) is 11.6. The third-order valence-corrected chi connectivity index (χ3v) is 9.47. The number of amides is 4. The van der Waals surface area contributed by atoms with Crippen molar-refractivity contribution in [1.29, 1.82) is 0 Å². The van der Waals surface area contributed by atoms with Crippen molar-refractivity contribution in [3.63, 3.8) is 0 Å². The molecular weight excluding hydrogens is 520 g/mol. The second kappa shape index (κ2) is 12.3. The smallest absolute Gasteiger partial charge is 0.352 e. The Bertz CT molecular complexity index is 1050. The number of carbonyl (C=O) groups is 4. The van der Waals surface area contributed by atoms with E-state index in [-0.39, 0.29) is 41.4 Å². The van der Waals surface area contributed by atoms with Crippen molar-refractivity contribution >= 4 is 65.7 Å². The van der Waals surface area contributed by atoms with Crippen molar-refractivity contribution < 1.29 is 24.3 Å². The number of urea groups is 1. The van der Waals surface area contributed by atoms with E-state index in [4.69, 9.17) is 0 Å². The molecule has 9 nitrogen and oxygen atoms in total. The predicted molar refractivity (Wildman–Crippen MR) is 145 cm³/mol. The van der Waals surface area contributed by atoms with Gasteiger partial charge in [0.2, 0.25) is 11.8 Å². The summed E-state index contributed by atoms with van der Waals surface area (Å²) < 4.78 is 0. The number of fused-ring (bicyclic) bond motifs is 1. The molecule has 3 atom stereocenters. The van der Waals surface area contributed by atoms with E-state index in [2.05, 4.69) is 28.6 Å². The van der Waals surface area contributed by atoms with Crippen LogP contribution >= 0.6 is 36.2 Å². The molecule has 0 spiro atoms. The van der Waals surface area contributed by atoms with Gasteiger partial charge < -0.3 is 26.0 Å². The highest BCUT2D eigenvalue weighted by Gasteiger charge is 2.42. The van der Waals surface area contributed by atoms with Gasteiger partial charge >= 0.3 is 12.0 Å². The number of nitrogens with one attached hydrogen (secondary N) is 3. The summed E-state index contributed by atoms with van der Waals surface area (Å²) in [5.41, 5.74) is 1.34. The minimum Gasteiger partial charge on any atom is -0.477 e. The van der Waals surface area contributed by atoms with Gasteiger partial charge in [0, 0.05) is 52.5 Å². The van der Waals surface area contributed by atoms with Crippen LogP contribution in [0.4, 0.5) is 10.5 Å². The lowest BCUT2D eigenvalue weighted by molar-refractivity contribution is -0.144. The average molecular weight is 551 g/mol. The Balaban J connectivity index is 1.19. The van der Waals surface area contributed by atoms with Crippen LogP contribution in [0.25, 0.3) is 0 Å². The summed E-state index contributed by atoms with van der Waals surface area (Å²) in [7, 11) is 0. The Morgan fingerprint density at radius 3 is 2.61 bits per heavy atom. The SMILES string of the molecule is O=C(CCCC[C@H]1SC[C@H]2NC(=O)N[C@H]21)Nc1ccc(SC/C(CS)=C(\C(=O)O)N2CCC2=O)cc1. The topological polar surface area (TPSA) is 128 Å². The van der Waals surface area contributed by atoms with Crippen LogP contribution in [0.15, 0.2) is 40.4 Å². The summed E-state index contributed by atoms with van der Waals surface area (Å²) in [6.07, 6.45) is 3.51. The molecule has 12 heteroatoms. The minimum absolute atomic E-state index is 0.0335. The van der Waals surface area contributed by atoms with E-state index in [1.807, 2.05) is 36.0 Å². The first-order valence-corrected chi connectivity index (χ1v) is 14.6. The fourth-order valence-corrected chi connectivity index (χ4v) is 7.36. The largest absolute Gasteiger partial charge is 0.477 e. The zero-order valence-corrected chi connectivity index (χ0v) is 22.2. The number of carboxylic acid groups (broad SMARTS) is 1. The van der Waals surface area contributed by atoms with E-state index in [0.717, 1.165) is 29.9 Å². The number of anilines is 1. The lowest BCUT2D eigenvalue weighted by atomic mass is 10.0. The molecule has 4 rings (SSSR count). The number of hydrogen-bond donors (Lipinski definition) is 5. The molecule has 0 saturated carbocycles. The Labute approximate surface area is 224 Å². The van der Waals surface area contributed by atoms with Gasteiger partial charge in [-0.25, -0.2) is 9.59 Å². The first-order chi connectivity index (χ1) is 17.4. The molecule has 0 aliphatic carbocycles. The predicted octanol–water partition coefficient (Wildman–Crippen LogP) is 2.94. The fourth-order valence-electron chi connectivity index (χ4n) is 4.50. The molecule has 0 radical (unpaired) electrons. The summed E-state index contributed by atoms with van der Waals surface area (Å²) in [6.45, 7) is 0.424. The number of hydrogen-bond acceptors (Lipinski definition) is 7. The van der Waals surface area contributed by atoms with Gasteiger partial charge in [-0.05, 0) is 42.7 Å². The van der Waals surface area contributed by atoms with Crippen molar-refractivity contribution in [2.24, 2.45) is 0 Å². The summed E-state index contributed by atoms with van der Waals surface area (Å²) in [5.74, 6) is 0.268. The number of thioether (sulfide) groups is 2. The van der Waals surface area contributed by atoms with Crippen LogP contribution in [0.5, 0.6) is 0 Å². The number of thiol groups is 1. The van der Waals surface area contributed by atoms with Gasteiger partial charge in [-0.1, -0.05) is 6.42 Å². The molecular formula is C24H30N4O5S3. The van der Waals surface area contributed by atoms with Crippen LogP contribution in [0.3, 0.4) is 0 Å². The van der Waals surface area contributed by atoms with E-state index < -0.39 is 5.97 Å². The monoisotopic (exact) mass is 550 g/mol. The summed E-state index contributed by atoms with van der Waals surface area (Å²) in [5, 5.41) is 18.8. The van der Waals surface area contributed by atoms with Gasteiger partial charge in [-0.15, -0.1) is 11.8 Å². The zero-order valence-electron chi connectivity index (χ0n) is 19.7. The molecule has 3 aliphatic rings. The van der Waals surface area contributed by atoms with Crippen LogP contribution in [0, 0.1) is 0 Å². The van der Waals surface area contributed by atoms with Crippen molar-refractivity contribution in [2.45, 2.75) is 54.3 Å². The molecule has 0 unspecified atom stereocenters. The lowest BCUT2D eigenvalue weighted by Crippen LogP contribution is -2.45. The number of benzene rings is 1. The van der Waals surface area contributed by atoms with Crippen molar-refractivity contribution in [3.8, 4) is 0 Å². The van der Waals surface area contributed by atoms with Crippen LogP contribution in [0.1, 0.15) is 32.1 Å². The van der Waals surface area contributed by atoms with E-state index in [9.17, 15) is 24.3 Å². The normalized spacial score (nSPS) is 23.4. The van der Waals surface area contributed by atoms with Crippen LogP contribution < -0.4 is 16.0 Å². The molecule has 1 aromatic carbocycles. The summed E-state index contributed by atoms with van der Waals surface area (Å²) in [4.78, 5) is 49.5. The standard InChI is InChI=1S/C24H30N4O5S3/c29-19(4-2-1-3-18-21-17(13-36-18)26-24(33)27-21)25-15-5-7-16(8-6-15)35-12-14(11-34)22(23(31)32)28-10-9-20(28)30/h5-8,17-18,21,34H,1-4,9-13H2,(H,25,29)(H,31,32)(H2,26,27,33)/b22-14+/t17-,18-,21-/m1/s1. The second-order valence-electron chi connectivity index (χ2n) is 8.94. The molecule has 3 saturated heterocycles. The number of likely N-dealkylation sites (tertiary alicyclic amines) is 1. The molecule has 194 valence electrons. The van der Waals surface area contributed by atoms with Crippen molar-refractivity contribution in [3.05, 3.63) is 35.5 Å². The van der Waals surface area contributed by atoms with Crippen LogP contribution in [0.2, 0.25) is 0 Å². The molecule has 4 amide bonds. The van der Waals surface area contributed by atoms with Gasteiger partial charge in [-0.3, -0.25) is 9.59 Å². The summed E-state index contributed by atoms with van der Waals surface area (Å²) >= 11 is 7.62.